The number of thiazole rings is 1. The molecule has 20 heavy (non-hydrogen) atoms. The minimum Gasteiger partial charge on any atom is -0.481 e. The number of carboxylic acids is 1. The van der Waals surface area contributed by atoms with E-state index >= 15 is 0 Å². The van der Waals surface area contributed by atoms with E-state index in [9.17, 15) is 9.90 Å². The van der Waals surface area contributed by atoms with Crippen LogP contribution in [0, 0.1) is 6.92 Å². The Morgan fingerprint density at radius 3 is 3.00 bits per heavy atom. The van der Waals surface area contributed by atoms with Crippen molar-refractivity contribution in [2.75, 3.05) is 11.9 Å². The predicted molar refractivity (Wildman–Crippen MR) is 80.1 cm³/mol. The van der Waals surface area contributed by atoms with E-state index < -0.39 is 11.9 Å². The summed E-state index contributed by atoms with van der Waals surface area (Å²) in [6.45, 7) is 2.06. The number of carboxylic acid groups (broad SMARTS) is 1. The molecule has 1 aliphatic carbocycles. The minimum absolute atomic E-state index is 0.430. The Morgan fingerprint density at radius 1 is 1.50 bits per heavy atom. The van der Waals surface area contributed by atoms with Crippen LogP contribution in [-0.4, -0.2) is 23.1 Å². The third kappa shape index (κ3) is 2.18. The first-order chi connectivity index (χ1) is 9.56. The van der Waals surface area contributed by atoms with Crippen LogP contribution in [0.4, 0.5) is 10.8 Å². The van der Waals surface area contributed by atoms with Gasteiger partial charge in [0.15, 0.2) is 5.13 Å². The molecule has 3 rings (SSSR count). The van der Waals surface area contributed by atoms with E-state index in [1.807, 2.05) is 24.1 Å². The van der Waals surface area contributed by atoms with Gasteiger partial charge < -0.3 is 10.0 Å². The summed E-state index contributed by atoms with van der Waals surface area (Å²) >= 11 is 1.60. The first kappa shape index (κ1) is 13.1. The molecule has 0 aliphatic heterocycles. The summed E-state index contributed by atoms with van der Waals surface area (Å²) in [6, 6.07) is 8.21. The molecule has 1 N–H and O–H groups in total. The van der Waals surface area contributed by atoms with Crippen LogP contribution in [0.25, 0.3) is 0 Å². The highest BCUT2D eigenvalue weighted by Gasteiger charge is 2.33. The molecular weight excluding hydrogens is 272 g/mol. The molecule has 0 radical (unpaired) electrons. The maximum atomic E-state index is 11.2. The Morgan fingerprint density at radius 2 is 2.30 bits per heavy atom. The molecule has 0 saturated heterocycles. The van der Waals surface area contributed by atoms with Gasteiger partial charge in [-0.1, -0.05) is 12.1 Å². The number of hydrogen-bond acceptors (Lipinski definition) is 4. The molecule has 0 fully saturated rings. The summed E-state index contributed by atoms with van der Waals surface area (Å²) in [7, 11) is 1.97. The van der Waals surface area contributed by atoms with Gasteiger partial charge in [-0.3, -0.25) is 4.79 Å². The third-order valence-corrected chi connectivity index (χ3v) is 4.89. The van der Waals surface area contributed by atoms with E-state index in [4.69, 9.17) is 0 Å². The van der Waals surface area contributed by atoms with Crippen molar-refractivity contribution < 1.29 is 9.90 Å². The quantitative estimate of drug-likeness (QED) is 0.941. The van der Waals surface area contributed by atoms with E-state index in [0.717, 1.165) is 27.8 Å². The van der Waals surface area contributed by atoms with Crippen molar-refractivity contribution in [2.45, 2.75) is 25.7 Å². The van der Waals surface area contributed by atoms with E-state index in [1.54, 1.807) is 11.3 Å². The van der Waals surface area contributed by atoms with Gasteiger partial charge in [-0.05, 0) is 37.5 Å². The van der Waals surface area contributed by atoms with Gasteiger partial charge in [-0.25, -0.2) is 4.98 Å². The summed E-state index contributed by atoms with van der Waals surface area (Å²) in [5, 5.41) is 10.1. The fourth-order valence-electron chi connectivity index (χ4n) is 2.55. The maximum Gasteiger partial charge on any atom is 0.312 e. The number of aryl methyl sites for hydroxylation is 2. The fourth-order valence-corrected chi connectivity index (χ4v) is 3.66. The Kier molecular flexibility index (Phi) is 3.22. The largest absolute Gasteiger partial charge is 0.481 e. The van der Waals surface area contributed by atoms with Crippen molar-refractivity contribution in [1.82, 2.24) is 4.98 Å². The second-order valence-electron chi connectivity index (χ2n) is 5.13. The molecule has 1 atom stereocenters. The second kappa shape index (κ2) is 4.90. The highest BCUT2D eigenvalue weighted by atomic mass is 32.1. The van der Waals surface area contributed by atoms with E-state index in [-0.39, 0.29) is 0 Å². The highest BCUT2D eigenvalue weighted by molar-refractivity contribution is 7.15. The lowest BCUT2D eigenvalue weighted by Crippen LogP contribution is -2.12. The average molecular weight is 288 g/mol. The molecule has 0 amide bonds. The molecule has 1 heterocycles. The summed E-state index contributed by atoms with van der Waals surface area (Å²) in [5.74, 6) is -1.19. The summed E-state index contributed by atoms with van der Waals surface area (Å²) in [6.07, 6.45) is 1.50. The van der Waals surface area contributed by atoms with Crippen LogP contribution in [0.15, 0.2) is 24.3 Å². The molecule has 0 bridgehead atoms. The van der Waals surface area contributed by atoms with Crippen LogP contribution in [0.5, 0.6) is 0 Å². The molecule has 1 unspecified atom stereocenters. The molecule has 0 spiro atoms. The minimum atomic E-state index is -0.765. The number of nitrogens with zero attached hydrogens (tertiary/aromatic N) is 2. The van der Waals surface area contributed by atoms with Crippen LogP contribution < -0.4 is 4.90 Å². The van der Waals surface area contributed by atoms with Crippen molar-refractivity contribution in [2.24, 2.45) is 0 Å². The normalized spacial score (nSPS) is 17.0. The van der Waals surface area contributed by atoms with Crippen molar-refractivity contribution >= 4 is 28.1 Å². The first-order valence-corrected chi connectivity index (χ1v) is 7.40. The van der Waals surface area contributed by atoms with Crippen LogP contribution in [0.1, 0.15) is 28.5 Å². The SMILES string of the molecule is Cc1cccc(N(C)c2nc3c(s2)CCC3C(=O)O)c1. The second-order valence-corrected chi connectivity index (χ2v) is 6.19. The zero-order valence-corrected chi connectivity index (χ0v) is 12.3. The van der Waals surface area contributed by atoms with Gasteiger partial charge in [0.05, 0.1) is 5.69 Å². The number of hydrogen-bond donors (Lipinski definition) is 1. The molecule has 1 aliphatic rings. The zero-order chi connectivity index (χ0) is 14.3. The molecule has 0 saturated carbocycles. The number of anilines is 2. The Bertz CT molecular complexity index is 666. The van der Waals surface area contributed by atoms with Gasteiger partial charge in [0.1, 0.15) is 5.92 Å². The van der Waals surface area contributed by atoms with Gasteiger partial charge in [-0.2, -0.15) is 0 Å². The average Bonchev–Trinajstić information content (AvgIpc) is 2.96. The van der Waals surface area contributed by atoms with Crippen molar-refractivity contribution in [3.05, 3.63) is 40.4 Å². The Labute approximate surface area is 121 Å². The van der Waals surface area contributed by atoms with Gasteiger partial charge in [0.25, 0.3) is 0 Å². The van der Waals surface area contributed by atoms with Gasteiger partial charge in [0.2, 0.25) is 0 Å². The summed E-state index contributed by atoms with van der Waals surface area (Å²) in [5.41, 5.74) is 3.03. The lowest BCUT2D eigenvalue weighted by molar-refractivity contribution is -0.138. The number of aromatic nitrogens is 1. The van der Waals surface area contributed by atoms with Crippen LogP contribution >= 0.6 is 11.3 Å². The number of aliphatic carboxylic acids is 1. The molecule has 104 valence electrons. The topological polar surface area (TPSA) is 53.4 Å². The molecule has 1 aromatic carbocycles. The van der Waals surface area contributed by atoms with E-state index in [0.29, 0.717) is 6.42 Å². The van der Waals surface area contributed by atoms with Gasteiger partial charge in [0, 0.05) is 17.6 Å². The molecule has 2 aromatic rings. The van der Waals surface area contributed by atoms with Crippen molar-refractivity contribution in [3.63, 3.8) is 0 Å². The number of benzene rings is 1. The standard InChI is InChI=1S/C15H16N2O2S/c1-9-4-3-5-10(8-9)17(2)15-16-13-11(14(18)19)6-7-12(13)20-15/h3-5,8,11H,6-7H2,1-2H3,(H,18,19). The highest BCUT2D eigenvalue weighted by Crippen LogP contribution is 2.40. The van der Waals surface area contributed by atoms with Gasteiger partial charge >= 0.3 is 5.97 Å². The lowest BCUT2D eigenvalue weighted by atomic mass is 10.1. The zero-order valence-electron chi connectivity index (χ0n) is 11.5. The predicted octanol–water partition coefficient (Wildman–Crippen LogP) is 3.33. The van der Waals surface area contributed by atoms with Crippen LogP contribution in [0.2, 0.25) is 0 Å². The van der Waals surface area contributed by atoms with E-state index in [1.165, 1.54) is 5.56 Å². The molecular formula is C15H16N2O2S. The number of rotatable bonds is 3. The number of fused-ring (bicyclic) bond motifs is 1. The fraction of sp³-hybridized carbons (Fsp3) is 0.333. The molecule has 1 aromatic heterocycles. The number of carbonyl (C=O) groups is 1. The maximum absolute atomic E-state index is 11.2. The third-order valence-electron chi connectivity index (χ3n) is 3.68. The molecule has 4 nitrogen and oxygen atoms in total. The van der Waals surface area contributed by atoms with E-state index in [2.05, 4.69) is 24.0 Å². The van der Waals surface area contributed by atoms with Crippen molar-refractivity contribution in [3.8, 4) is 0 Å². The van der Waals surface area contributed by atoms with Crippen LogP contribution in [0.3, 0.4) is 0 Å². The smallest absolute Gasteiger partial charge is 0.312 e. The summed E-state index contributed by atoms with van der Waals surface area (Å²) < 4.78 is 0. The lowest BCUT2D eigenvalue weighted by Gasteiger charge is -2.16. The Hall–Kier alpha value is -1.88. The first-order valence-electron chi connectivity index (χ1n) is 6.59. The Balaban J connectivity index is 1.93. The monoisotopic (exact) mass is 288 g/mol. The summed E-state index contributed by atoms with van der Waals surface area (Å²) in [4.78, 5) is 18.9. The molecule has 5 heteroatoms. The van der Waals surface area contributed by atoms with Gasteiger partial charge in [-0.15, -0.1) is 11.3 Å². The van der Waals surface area contributed by atoms with Crippen LogP contribution in [-0.2, 0) is 11.2 Å². The van der Waals surface area contributed by atoms with Crippen molar-refractivity contribution in [1.29, 1.82) is 0 Å².